The molecule has 0 atom stereocenters. The van der Waals surface area contributed by atoms with E-state index in [1.165, 1.54) is 56.5 Å². The van der Waals surface area contributed by atoms with Crippen molar-refractivity contribution in [1.82, 2.24) is 0 Å². The average molecular weight is 633 g/mol. The maximum Gasteiger partial charge on any atom is -0.0100 e. The van der Waals surface area contributed by atoms with Crippen LogP contribution in [0.2, 0.25) is 0 Å². The quantitative estimate of drug-likeness (QED) is 0.147. The van der Waals surface area contributed by atoms with Crippen molar-refractivity contribution in [3.63, 3.8) is 0 Å². The van der Waals surface area contributed by atoms with Crippen molar-refractivity contribution in [1.29, 1.82) is 0 Å². The van der Waals surface area contributed by atoms with Crippen LogP contribution in [0.1, 0.15) is 96.6 Å². The number of rotatable bonds is 6. The summed E-state index contributed by atoms with van der Waals surface area (Å²) in [7, 11) is 0. The fraction of sp³-hybridized carbons (Fsp3) is 0.319. The summed E-state index contributed by atoms with van der Waals surface area (Å²) in [6.07, 6.45) is 13.7. The summed E-state index contributed by atoms with van der Waals surface area (Å²) in [6, 6.07) is 32.4. The van der Waals surface area contributed by atoms with E-state index in [2.05, 4.69) is 146 Å². The van der Waals surface area contributed by atoms with Gasteiger partial charge >= 0.3 is 0 Å². The highest BCUT2D eigenvalue weighted by molar-refractivity contribution is 5.78. The van der Waals surface area contributed by atoms with Gasteiger partial charge in [0, 0.05) is 0 Å². The monoisotopic (exact) mass is 633 g/mol. The first kappa shape index (κ1) is 47.2. The zero-order valence-electron chi connectivity index (χ0n) is 32.5. The van der Waals surface area contributed by atoms with Crippen LogP contribution in [0.15, 0.2) is 141 Å². The molecule has 256 valence electrons. The number of allylic oxidation sites excluding steroid dienone is 6. The first-order chi connectivity index (χ1) is 22.8. The van der Waals surface area contributed by atoms with Crippen LogP contribution >= 0.6 is 0 Å². The van der Waals surface area contributed by atoms with Crippen molar-refractivity contribution in [2.24, 2.45) is 0 Å². The third-order valence-corrected chi connectivity index (χ3v) is 6.18. The lowest BCUT2D eigenvalue weighted by molar-refractivity contribution is 1.09. The van der Waals surface area contributed by atoms with Gasteiger partial charge in [0.05, 0.1) is 0 Å². The van der Waals surface area contributed by atoms with Gasteiger partial charge in [0.2, 0.25) is 0 Å². The molecular weight excluding hydrogens is 565 g/mol. The predicted octanol–water partition coefficient (Wildman–Crippen LogP) is 15.5. The van der Waals surface area contributed by atoms with E-state index in [1.54, 1.807) is 6.08 Å². The molecular formula is C47H68. The van der Waals surface area contributed by atoms with Crippen molar-refractivity contribution < 1.29 is 0 Å². The molecule has 0 saturated heterocycles. The Morgan fingerprint density at radius 1 is 0.532 bits per heavy atom. The smallest absolute Gasteiger partial charge is 0.0100 e. The average Bonchev–Trinajstić information content (AvgIpc) is 3.11. The summed E-state index contributed by atoms with van der Waals surface area (Å²) in [6.45, 7) is 34.0. The second-order valence-electron chi connectivity index (χ2n) is 9.99. The number of benzene rings is 4. The maximum absolute atomic E-state index is 3.68. The van der Waals surface area contributed by atoms with Crippen molar-refractivity contribution >= 4 is 0 Å². The first-order valence-electron chi connectivity index (χ1n) is 17.6. The molecule has 0 aliphatic rings. The maximum atomic E-state index is 3.68. The van der Waals surface area contributed by atoms with E-state index in [0.29, 0.717) is 0 Å². The van der Waals surface area contributed by atoms with E-state index in [4.69, 9.17) is 0 Å². The molecule has 0 nitrogen and oxygen atoms in total. The molecule has 0 aromatic heterocycles. The van der Waals surface area contributed by atoms with Crippen LogP contribution in [-0.2, 0) is 6.42 Å². The van der Waals surface area contributed by atoms with E-state index >= 15 is 0 Å². The van der Waals surface area contributed by atoms with Crippen LogP contribution in [0.25, 0.3) is 22.3 Å². The van der Waals surface area contributed by atoms with Gasteiger partial charge in [-0.2, -0.15) is 0 Å². The summed E-state index contributed by atoms with van der Waals surface area (Å²) in [5, 5.41) is 0. The van der Waals surface area contributed by atoms with Crippen LogP contribution in [-0.4, -0.2) is 0 Å². The number of hydrogen-bond acceptors (Lipinski definition) is 0. The molecule has 0 spiro atoms. The third kappa shape index (κ3) is 21.3. The van der Waals surface area contributed by atoms with Crippen molar-refractivity contribution in [2.75, 3.05) is 0 Å². The van der Waals surface area contributed by atoms with Gasteiger partial charge in [0.15, 0.2) is 0 Å². The second-order valence-corrected chi connectivity index (χ2v) is 9.99. The number of aryl methyl sites for hydroxylation is 4. The second kappa shape index (κ2) is 33.2. The largest absolute Gasteiger partial charge is 0.103 e. The van der Waals surface area contributed by atoms with Crippen LogP contribution in [0.4, 0.5) is 0 Å². The highest BCUT2D eigenvalue weighted by atomic mass is 14.1. The van der Waals surface area contributed by atoms with E-state index in [0.717, 1.165) is 6.42 Å². The third-order valence-electron chi connectivity index (χ3n) is 6.18. The van der Waals surface area contributed by atoms with E-state index < -0.39 is 0 Å². The lowest BCUT2D eigenvalue weighted by Crippen LogP contribution is -1.89. The molecule has 0 aliphatic carbocycles. The molecule has 0 amide bonds. The minimum Gasteiger partial charge on any atom is -0.103 e. The summed E-state index contributed by atoms with van der Waals surface area (Å²) in [5.41, 5.74) is 11.9. The standard InChI is InChI=1S/C21H20.C10H12.C7H10.C3H8.3C2H6/c1-15-8-4-6-10-19(15)18-13-12-17(3)21(14-18)20-11-7-5-9-16(20)2;1-3-4-10-7-5-9(2)6-8-10;1-3-5-7-6-4-2;1-3-2;3*1-2/h4-14H,1-3H3;3,5-8H,1,4H2,2H3;3-7H,1H2,2H3;3H2,1-2H3;3*1-2H3/b;;6-4-,7-5-;;;;. The minimum atomic E-state index is 0.972. The Morgan fingerprint density at radius 3 is 1.45 bits per heavy atom. The zero-order chi connectivity index (χ0) is 36.5. The molecule has 47 heavy (non-hydrogen) atoms. The zero-order valence-corrected chi connectivity index (χ0v) is 32.5. The molecule has 0 unspecified atom stereocenters. The van der Waals surface area contributed by atoms with Crippen molar-refractivity contribution in [3.05, 3.63) is 168 Å². The Balaban J connectivity index is -0.000000623. The normalized spacial score (nSPS) is 9.13. The summed E-state index contributed by atoms with van der Waals surface area (Å²) in [5.74, 6) is 0. The molecule has 0 radical (unpaired) electrons. The molecule has 0 heteroatoms. The lowest BCUT2D eigenvalue weighted by atomic mass is 9.92. The summed E-state index contributed by atoms with van der Waals surface area (Å²) < 4.78 is 0. The molecule has 0 heterocycles. The van der Waals surface area contributed by atoms with Gasteiger partial charge in [-0.3, -0.25) is 0 Å². The number of hydrogen-bond donors (Lipinski definition) is 0. The van der Waals surface area contributed by atoms with Gasteiger partial charge in [0.25, 0.3) is 0 Å². The Bertz CT molecular complexity index is 1360. The Morgan fingerprint density at radius 2 is 1.00 bits per heavy atom. The van der Waals surface area contributed by atoms with Crippen LogP contribution in [0, 0.1) is 27.7 Å². The Labute approximate surface area is 292 Å². The summed E-state index contributed by atoms with van der Waals surface area (Å²) in [4.78, 5) is 0. The fourth-order valence-electron chi connectivity index (χ4n) is 4.00. The van der Waals surface area contributed by atoms with Crippen molar-refractivity contribution in [2.45, 2.75) is 103 Å². The van der Waals surface area contributed by atoms with Gasteiger partial charge in [-0.1, -0.05) is 195 Å². The first-order valence-corrected chi connectivity index (χ1v) is 17.6. The van der Waals surface area contributed by atoms with Gasteiger partial charge in [-0.05, 0) is 91.6 Å². The molecule has 0 bridgehead atoms. The van der Waals surface area contributed by atoms with Gasteiger partial charge in [-0.15, -0.1) is 6.58 Å². The molecule has 4 rings (SSSR count). The highest BCUT2D eigenvalue weighted by Crippen LogP contribution is 2.32. The highest BCUT2D eigenvalue weighted by Gasteiger charge is 2.08. The summed E-state index contributed by atoms with van der Waals surface area (Å²) >= 11 is 0. The van der Waals surface area contributed by atoms with E-state index in [1.807, 2.05) is 78.8 Å². The Kier molecular flexibility index (Phi) is 33.4. The molecule has 0 N–H and O–H groups in total. The lowest BCUT2D eigenvalue weighted by Gasteiger charge is -2.13. The van der Waals surface area contributed by atoms with Gasteiger partial charge < -0.3 is 0 Å². The van der Waals surface area contributed by atoms with E-state index in [-0.39, 0.29) is 0 Å². The van der Waals surface area contributed by atoms with Crippen LogP contribution in [0.5, 0.6) is 0 Å². The SMILES string of the molecule is C=C/C=C\C=C/C.C=CCc1ccc(C)cc1.CC.CC.CC.CCC.Cc1ccccc1-c1ccc(C)c(-c2ccccc2C)c1. The molecule has 4 aromatic carbocycles. The predicted molar refractivity (Wildman–Crippen MR) is 221 cm³/mol. The van der Waals surface area contributed by atoms with Gasteiger partial charge in [-0.25, -0.2) is 0 Å². The molecule has 4 aromatic rings. The van der Waals surface area contributed by atoms with Gasteiger partial charge in [0.1, 0.15) is 0 Å². The molecule has 0 aliphatic heterocycles. The minimum absolute atomic E-state index is 0.972. The van der Waals surface area contributed by atoms with Crippen molar-refractivity contribution in [3.8, 4) is 22.3 Å². The fourth-order valence-corrected chi connectivity index (χ4v) is 4.00. The molecule has 0 fully saturated rings. The van der Waals surface area contributed by atoms with Crippen LogP contribution in [0.3, 0.4) is 0 Å². The Hall–Kier alpha value is -4.16. The topological polar surface area (TPSA) is 0 Å². The van der Waals surface area contributed by atoms with E-state index in [9.17, 15) is 0 Å². The molecule has 0 saturated carbocycles. The van der Waals surface area contributed by atoms with Crippen LogP contribution < -0.4 is 0 Å².